The Kier molecular flexibility index (Phi) is 2.73. The van der Waals surface area contributed by atoms with Crippen LogP contribution in [0.1, 0.15) is 30.4 Å². The van der Waals surface area contributed by atoms with E-state index in [0.717, 1.165) is 31.5 Å². The molecule has 0 spiro atoms. The van der Waals surface area contributed by atoms with E-state index < -0.39 is 0 Å². The Hall–Kier alpha value is -1.02. The van der Waals surface area contributed by atoms with Crippen LogP contribution in [0.15, 0.2) is 18.2 Å². The number of phenolic OH excluding ortho intramolecular Hbond substituents is 1. The minimum absolute atomic E-state index is 0.455. The number of benzene rings is 1. The van der Waals surface area contributed by atoms with E-state index in [4.69, 9.17) is 0 Å². The van der Waals surface area contributed by atoms with Crippen molar-refractivity contribution in [3.8, 4) is 5.75 Å². The lowest BCUT2D eigenvalue weighted by molar-refractivity contribution is 0.413. The molecular weight excluding hydrogens is 174 g/mol. The van der Waals surface area contributed by atoms with Gasteiger partial charge in [-0.05, 0) is 23.6 Å². The van der Waals surface area contributed by atoms with E-state index >= 15 is 0 Å². The number of nitrogens with one attached hydrogen (secondary N) is 1. The fraction of sp³-hybridized carbons (Fsp3) is 0.500. The van der Waals surface area contributed by atoms with Gasteiger partial charge in [0, 0.05) is 19.0 Å². The second-order valence-electron chi connectivity index (χ2n) is 4.00. The Balaban J connectivity index is 2.22. The molecule has 2 heteroatoms. The van der Waals surface area contributed by atoms with Crippen molar-refractivity contribution in [3.63, 3.8) is 0 Å². The molecule has 0 aromatic heterocycles. The summed E-state index contributed by atoms with van der Waals surface area (Å²) in [6.45, 7) is 4.18. The van der Waals surface area contributed by atoms with Gasteiger partial charge in [0.15, 0.2) is 0 Å². The Labute approximate surface area is 85.0 Å². The Morgan fingerprint density at radius 2 is 2.21 bits per heavy atom. The predicted molar refractivity (Wildman–Crippen MR) is 57.7 cm³/mol. The van der Waals surface area contributed by atoms with Gasteiger partial charge in [-0.1, -0.05) is 25.5 Å². The van der Waals surface area contributed by atoms with Gasteiger partial charge >= 0.3 is 0 Å². The molecule has 0 amide bonds. The smallest absolute Gasteiger partial charge is 0.119 e. The van der Waals surface area contributed by atoms with Gasteiger partial charge in [-0.2, -0.15) is 0 Å². The van der Waals surface area contributed by atoms with Gasteiger partial charge in [0.25, 0.3) is 0 Å². The molecule has 1 aliphatic heterocycles. The molecule has 0 bridgehead atoms. The molecule has 0 atom stereocenters. The van der Waals surface area contributed by atoms with Gasteiger partial charge in [-0.15, -0.1) is 0 Å². The largest absolute Gasteiger partial charge is 0.508 e. The fourth-order valence-electron chi connectivity index (χ4n) is 1.88. The molecule has 1 aromatic rings. The van der Waals surface area contributed by atoms with Crippen molar-refractivity contribution in [2.45, 2.75) is 25.7 Å². The first-order chi connectivity index (χ1) is 6.81. The normalized spacial score (nSPS) is 16.6. The summed E-state index contributed by atoms with van der Waals surface area (Å²) in [7, 11) is 0. The van der Waals surface area contributed by atoms with E-state index in [2.05, 4.69) is 18.3 Å². The second-order valence-corrected chi connectivity index (χ2v) is 4.00. The molecule has 76 valence electrons. The van der Waals surface area contributed by atoms with Crippen LogP contribution in [0.25, 0.3) is 0 Å². The molecule has 2 rings (SSSR count). The summed E-state index contributed by atoms with van der Waals surface area (Å²) in [5, 5.41) is 12.9. The highest BCUT2D eigenvalue weighted by molar-refractivity contribution is 5.40. The minimum atomic E-state index is 0.455. The summed E-state index contributed by atoms with van der Waals surface area (Å²) in [5.41, 5.74) is 2.46. The van der Waals surface area contributed by atoms with Gasteiger partial charge < -0.3 is 10.4 Å². The minimum Gasteiger partial charge on any atom is -0.508 e. The Bertz CT molecular complexity index is 318. The summed E-state index contributed by atoms with van der Waals surface area (Å²) >= 11 is 0. The fourth-order valence-corrected chi connectivity index (χ4v) is 1.88. The van der Waals surface area contributed by atoms with Gasteiger partial charge in [0.2, 0.25) is 0 Å². The van der Waals surface area contributed by atoms with Crippen LogP contribution in [0.3, 0.4) is 0 Å². The zero-order valence-electron chi connectivity index (χ0n) is 8.59. The van der Waals surface area contributed by atoms with E-state index in [1.54, 1.807) is 0 Å². The molecule has 1 aliphatic rings. The average Bonchev–Trinajstić information content (AvgIpc) is 2.08. The third kappa shape index (κ3) is 1.75. The number of rotatable bonds is 3. The summed E-state index contributed by atoms with van der Waals surface area (Å²) in [4.78, 5) is 0. The van der Waals surface area contributed by atoms with E-state index in [1.807, 2.05) is 12.1 Å². The molecule has 1 fully saturated rings. The van der Waals surface area contributed by atoms with Crippen molar-refractivity contribution in [3.05, 3.63) is 29.3 Å². The molecule has 0 saturated carbocycles. The van der Waals surface area contributed by atoms with E-state index in [1.165, 1.54) is 5.56 Å². The van der Waals surface area contributed by atoms with Gasteiger partial charge in [0.1, 0.15) is 5.75 Å². The maximum Gasteiger partial charge on any atom is 0.119 e. The molecule has 0 aliphatic carbocycles. The van der Waals surface area contributed by atoms with E-state index in [0.29, 0.717) is 11.7 Å². The highest BCUT2D eigenvalue weighted by atomic mass is 16.3. The maximum absolute atomic E-state index is 9.71. The monoisotopic (exact) mass is 191 g/mol. The third-order valence-electron chi connectivity index (χ3n) is 2.85. The van der Waals surface area contributed by atoms with Gasteiger partial charge in [0.05, 0.1) is 0 Å². The van der Waals surface area contributed by atoms with Crippen LogP contribution in [0.4, 0.5) is 0 Å². The first-order valence-electron chi connectivity index (χ1n) is 5.33. The van der Waals surface area contributed by atoms with Gasteiger partial charge in [-0.25, -0.2) is 0 Å². The highest BCUT2D eigenvalue weighted by Crippen LogP contribution is 2.29. The lowest BCUT2D eigenvalue weighted by atomic mass is 9.91. The third-order valence-corrected chi connectivity index (χ3v) is 2.85. The van der Waals surface area contributed by atoms with Crippen molar-refractivity contribution in [2.75, 3.05) is 13.1 Å². The molecule has 0 unspecified atom stereocenters. The van der Waals surface area contributed by atoms with Gasteiger partial charge in [-0.3, -0.25) is 0 Å². The standard InChI is InChI=1S/C12H17NO/c1-2-3-9-4-5-12(14)11(6-9)10-7-13-8-10/h4-6,10,13-14H,2-3,7-8H2,1H3. The van der Waals surface area contributed by atoms with E-state index in [9.17, 15) is 5.11 Å². The topological polar surface area (TPSA) is 32.3 Å². The lowest BCUT2D eigenvalue weighted by Crippen LogP contribution is -2.39. The molecule has 1 heterocycles. The highest BCUT2D eigenvalue weighted by Gasteiger charge is 2.21. The number of aromatic hydroxyl groups is 1. The van der Waals surface area contributed by atoms with Crippen LogP contribution in [-0.2, 0) is 6.42 Å². The first kappa shape index (κ1) is 9.53. The number of phenols is 1. The molecule has 1 saturated heterocycles. The lowest BCUT2D eigenvalue weighted by Gasteiger charge is -2.28. The van der Waals surface area contributed by atoms with Crippen LogP contribution in [0.5, 0.6) is 5.75 Å². The zero-order chi connectivity index (χ0) is 9.97. The quantitative estimate of drug-likeness (QED) is 0.766. The molecule has 2 N–H and O–H groups in total. The number of hydrogen-bond acceptors (Lipinski definition) is 2. The first-order valence-corrected chi connectivity index (χ1v) is 5.33. The predicted octanol–water partition coefficient (Wildman–Crippen LogP) is 2.03. The van der Waals surface area contributed by atoms with E-state index in [-0.39, 0.29) is 0 Å². The number of aryl methyl sites for hydroxylation is 1. The summed E-state index contributed by atoms with van der Waals surface area (Å²) in [5.74, 6) is 0.975. The Morgan fingerprint density at radius 3 is 2.79 bits per heavy atom. The molecule has 1 aromatic carbocycles. The SMILES string of the molecule is CCCc1ccc(O)c(C2CNC2)c1. The van der Waals surface area contributed by atoms with Crippen molar-refractivity contribution >= 4 is 0 Å². The number of hydrogen-bond donors (Lipinski definition) is 2. The molecule has 0 radical (unpaired) electrons. The second kappa shape index (κ2) is 4.01. The average molecular weight is 191 g/mol. The molecule has 2 nitrogen and oxygen atoms in total. The van der Waals surface area contributed by atoms with Crippen molar-refractivity contribution in [1.29, 1.82) is 0 Å². The van der Waals surface area contributed by atoms with Crippen LogP contribution in [0, 0.1) is 0 Å². The zero-order valence-corrected chi connectivity index (χ0v) is 8.59. The van der Waals surface area contributed by atoms with Crippen LogP contribution in [0.2, 0.25) is 0 Å². The van der Waals surface area contributed by atoms with Crippen LogP contribution >= 0.6 is 0 Å². The van der Waals surface area contributed by atoms with Crippen LogP contribution < -0.4 is 5.32 Å². The molecular formula is C12H17NO. The van der Waals surface area contributed by atoms with Crippen molar-refractivity contribution < 1.29 is 5.11 Å². The van der Waals surface area contributed by atoms with Crippen molar-refractivity contribution in [1.82, 2.24) is 5.32 Å². The molecule has 14 heavy (non-hydrogen) atoms. The maximum atomic E-state index is 9.71. The van der Waals surface area contributed by atoms with Crippen molar-refractivity contribution in [2.24, 2.45) is 0 Å². The van der Waals surface area contributed by atoms with Crippen LogP contribution in [-0.4, -0.2) is 18.2 Å². The summed E-state index contributed by atoms with van der Waals surface area (Å²) in [6, 6.07) is 6.01. The Morgan fingerprint density at radius 1 is 1.43 bits per heavy atom. The summed E-state index contributed by atoms with van der Waals surface area (Å²) < 4.78 is 0. The summed E-state index contributed by atoms with van der Waals surface area (Å²) in [6.07, 6.45) is 2.26.